The highest BCUT2D eigenvalue weighted by Gasteiger charge is 2.47. The Morgan fingerprint density at radius 3 is 2.71 bits per heavy atom. The van der Waals surface area contributed by atoms with Gasteiger partial charge < -0.3 is 10.5 Å². The van der Waals surface area contributed by atoms with E-state index in [-0.39, 0.29) is 5.54 Å². The molecule has 0 bridgehead atoms. The molecule has 1 aromatic carbocycles. The molecule has 17 heavy (non-hydrogen) atoms. The van der Waals surface area contributed by atoms with Crippen LogP contribution in [-0.4, -0.2) is 36.2 Å². The Kier molecular flexibility index (Phi) is 2.90. The van der Waals surface area contributed by atoms with Crippen LogP contribution < -0.4 is 5.73 Å². The van der Waals surface area contributed by atoms with Crippen LogP contribution in [0.1, 0.15) is 18.4 Å². The maximum atomic E-state index is 6.09. The van der Waals surface area contributed by atoms with Gasteiger partial charge in [0.2, 0.25) is 0 Å². The predicted octanol–water partition coefficient (Wildman–Crippen LogP) is 1.38. The summed E-state index contributed by atoms with van der Waals surface area (Å²) in [6.07, 6.45) is 2.19. The molecule has 2 saturated heterocycles. The summed E-state index contributed by atoms with van der Waals surface area (Å²) in [6, 6.07) is 11.0. The lowest BCUT2D eigenvalue weighted by Gasteiger charge is -2.54. The first kappa shape index (κ1) is 11.2. The Morgan fingerprint density at radius 2 is 2.06 bits per heavy atom. The number of likely N-dealkylation sites (tertiary alicyclic amines) is 1. The number of nitrogens with two attached hydrogens (primary N) is 1. The Morgan fingerprint density at radius 1 is 1.29 bits per heavy atom. The first-order valence-electron chi connectivity index (χ1n) is 6.41. The summed E-state index contributed by atoms with van der Waals surface area (Å²) in [5, 5.41) is 0. The van der Waals surface area contributed by atoms with Crippen LogP contribution >= 0.6 is 0 Å². The third kappa shape index (κ3) is 2.10. The minimum Gasteiger partial charge on any atom is -0.377 e. The standard InChI is InChI=1S/C14H20N2O/c15-13-6-7-16(14(8-13)10-17-11-14)9-12-4-2-1-3-5-12/h1-5,13H,6-11,15H2/t13-/m1/s1. The molecule has 1 atom stereocenters. The maximum Gasteiger partial charge on any atom is 0.0696 e. The molecular weight excluding hydrogens is 212 g/mol. The van der Waals surface area contributed by atoms with Crippen LogP contribution in [0.4, 0.5) is 0 Å². The third-order valence-corrected chi connectivity index (χ3v) is 4.04. The molecular formula is C14H20N2O. The van der Waals surface area contributed by atoms with Crippen molar-refractivity contribution in [3.63, 3.8) is 0 Å². The fraction of sp³-hybridized carbons (Fsp3) is 0.571. The van der Waals surface area contributed by atoms with Crippen molar-refractivity contribution in [3.05, 3.63) is 35.9 Å². The Bertz CT molecular complexity index is 375. The number of piperidine rings is 1. The Hall–Kier alpha value is -0.900. The normalized spacial score (nSPS) is 27.9. The van der Waals surface area contributed by atoms with Crippen molar-refractivity contribution in [2.45, 2.75) is 31.0 Å². The molecule has 0 aliphatic carbocycles. The predicted molar refractivity (Wildman–Crippen MR) is 67.6 cm³/mol. The smallest absolute Gasteiger partial charge is 0.0696 e. The molecule has 2 heterocycles. The molecule has 2 N–H and O–H groups in total. The van der Waals surface area contributed by atoms with Gasteiger partial charge in [0.15, 0.2) is 0 Å². The minimum absolute atomic E-state index is 0.230. The van der Waals surface area contributed by atoms with E-state index in [1.54, 1.807) is 0 Å². The summed E-state index contributed by atoms with van der Waals surface area (Å²) in [5.41, 5.74) is 7.71. The van der Waals surface area contributed by atoms with E-state index in [0.717, 1.165) is 39.1 Å². The van der Waals surface area contributed by atoms with Crippen molar-refractivity contribution in [2.24, 2.45) is 5.73 Å². The fourth-order valence-electron chi connectivity index (χ4n) is 2.97. The van der Waals surface area contributed by atoms with Gasteiger partial charge in [-0.3, -0.25) is 4.90 Å². The summed E-state index contributed by atoms with van der Waals surface area (Å²) >= 11 is 0. The third-order valence-electron chi connectivity index (χ3n) is 4.04. The van der Waals surface area contributed by atoms with E-state index < -0.39 is 0 Å². The van der Waals surface area contributed by atoms with Crippen molar-refractivity contribution < 1.29 is 4.74 Å². The largest absolute Gasteiger partial charge is 0.377 e. The van der Waals surface area contributed by atoms with Gasteiger partial charge in [0.25, 0.3) is 0 Å². The van der Waals surface area contributed by atoms with Crippen LogP contribution in [0.3, 0.4) is 0 Å². The van der Waals surface area contributed by atoms with Crippen LogP contribution in [0.25, 0.3) is 0 Å². The molecule has 0 amide bonds. The van der Waals surface area contributed by atoms with Crippen LogP contribution in [0.5, 0.6) is 0 Å². The van der Waals surface area contributed by atoms with Gasteiger partial charge in [-0.2, -0.15) is 0 Å². The highest BCUT2D eigenvalue weighted by molar-refractivity contribution is 5.16. The quantitative estimate of drug-likeness (QED) is 0.837. The molecule has 0 unspecified atom stereocenters. The number of hydrogen-bond acceptors (Lipinski definition) is 3. The van der Waals surface area contributed by atoms with E-state index in [4.69, 9.17) is 10.5 Å². The maximum absolute atomic E-state index is 6.09. The summed E-state index contributed by atoms with van der Waals surface area (Å²) in [6.45, 7) is 3.83. The summed E-state index contributed by atoms with van der Waals surface area (Å²) < 4.78 is 5.43. The van der Waals surface area contributed by atoms with Gasteiger partial charge in [-0.05, 0) is 18.4 Å². The zero-order valence-electron chi connectivity index (χ0n) is 10.1. The SMILES string of the molecule is N[C@@H]1CCN(Cc2ccccc2)C2(COC2)C1. The number of nitrogens with zero attached hydrogens (tertiary/aromatic N) is 1. The number of benzene rings is 1. The molecule has 2 aliphatic rings. The van der Waals surface area contributed by atoms with E-state index >= 15 is 0 Å². The van der Waals surface area contributed by atoms with Crippen LogP contribution in [0.2, 0.25) is 0 Å². The van der Waals surface area contributed by atoms with E-state index in [0.29, 0.717) is 6.04 Å². The van der Waals surface area contributed by atoms with E-state index in [9.17, 15) is 0 Å². The van der Waals surface area contributed by atoms with Gasteiger partial charge in [-0.25, -0.2) is 0 Å². The van der Waals surface area contributed by atoms with Gasteiger partial charge in [0.1, 0.15) is 0 Å². The van der Waals surface area contributed by atoms with Crippen LogP contribution in [0.15, 0.2) is 30.3 Å². The van der Waals surface area contributed by atoms with Gasteiger partial charge in [-0.1, -0.05) is 30.3 Å². The summed E-state index contributed by atoms with van der Waals surface area (Å²) in [7, 11) is 0. The van der Waals surface area contributed by atoms with Crippen molar-refractivity contribution in [3.8, 4) is 0 Å². The lowest BCUT2D eigenvalue weighted by Crippen LogP contribution is -2.66. The van der Waals surface area contributed by atoms with Gasteiger partial charge in [0, 0.05) is 19.1 Å². The molecule has 3 rings (SSSR count). The molecule has 0 aromatic heterocycles. The second kappa shape index (κ2) is 4.41. The van der Waals surface area contributed by atoms with Crippen molar-refractivity contribution in [1.29, 1.82) is 0 Å². The van der Waals surface area contributed by atoms with E-state index in [2.05, 4.69) is 35.2 Å². The van der Waals surface area contributed by atoms with E-state index in [1.165, 1.54) is 5.56 Å². The Balaban J connectivity index is 1.73. The monoisotopic (exact) mass is 232 g/mol. The zero-order chi connectivity index (χ0) is 11.7. The van der Waals surface area contributed by atoms with E-state index in [1.807, 2.05) is 0 Å². The molecule has 2 aliphatic heterocycles. The second-order valence-electron chi connectivity index (χ2n) is 5.38. The van der Waals surface area contributed by atoms with Gasteiger partial charge in [0.05, 0.1) is 18.8 Å². The lowest BCUT2D eigenvalue weighted by molar-refractivity contribution is -0.162. The number of rotatable bonds is 2. The Labute approximate surface area is 103 Å². The molecule has 3 nitrogen and oxygen atoms in total. The van der Waals surface area contributed by atoms with Crippen LogP contribution in [0, 0.1) is 0 Å². The second-order valence-corrected chi connectivity index (χ2v) is 5.38. The highest BCUT2D eigenvalue weighted by Crippen LogP contribution is 2.35. The zero-order valence-corrected chi connectivity index (χ0v) is 10.1. The molecule has 92 valence electrons. The average molecular weight is 232 g/mol. The first-order valence-corrected chi connectivity index (χ1v) is 6.41. The summed E-state index contributed by atoms with van der Waals surface area (Å²) in [5.74, 6) is 0. The van der Waals surface area contributed by atoms with Crippen LogP contribution in [-0.2, 0) is 11.3 Å². The summed E-state index contributed by atoms with van der Waals surface area (Å²) in [4.78, 5) is 2.56. The van der Waals surface area contributed by atoms with Gasteiger partial charge in [-0.15, -0.1) is 0 Å². The highest BCUT2D eigenvalue weighted by atomic mass is 16.5. The first-order chi connectivity index (χ1) is 8.28. The number of hydrogen-bond donors (Lipinski definition) is 1. The van der Waals surface area contributed by atoms with Gasteiger partial charge >= 0.3 is 0 Å². The average Bonchev–Trinajstić information content (AvgIpc) is 2.31. The lowest BCUT2D eigenvalue weighted by atomic mass is 9.82. The topological polar surface area (TPSA) is 38.5 Å². The molecule has 0 saturated carbocycles. The number of ether oxygens (including phenoxy) is 1. The fourth-order valence-corrected chi connectivity index (χ4v) is 2.97. The van der Waals surface area contributed by atoms with Crippen molar-refractivity contribution >= 4 is 0 Å². The van der Waals surface area contributed by atoms with Crippen molar-refractivity contribution in [1.82, 2.24) is 4.90 Å². The molecule has 0 radical (unpaired) electrons. The molecule has 3 heteroatoms. The molecule has 1 aromatic rings. The minimum atomic E-state index is 0.230. The van der Waals surface area contributed by atoms with Crippen molar-refractivity contribution in [2.75, 3.05) is 19.8 Å². The molecule has 1 spiro atoms. The molecule has 2 fully saturated rings.